The highest BCUT2D eigenvalue weighted by atomic mass is 32.2. The Bertz CT molecular complexity index is 690. The van der Waals surface area contributed by atoms with Crippen molar-refractivity contribution in [3.8, 4) is 0 Å². The normalized spacial score (nSPS) is 14.6. The fourth-order valence-corrected chi connectivity index (χ4v) is 2.33. The summed E-state index contributed by atoms with van der Waals surface area (Å²) in [7, 11) is -6.33. The molecule has 138 valence electrons. The van der Waals surface area contributed by atoms with Crippen molar-refractivity contribution in [1.29, 1.82) is 0 Å². The topological polar surface area (TPSA) is 46.2 Å². The van der Waals surface area contributed by atoms with E-state index in [1.54, 1.807) is 0 Å². The maximum atomic E-state index is 13.5. The van der Waals surface area contributed by atoms with Gasteiger partial charge in [-0.15, -0.1) is 0 Å². The maximum Gasteiger partial charge on any atom is 0.501 e. The van der Waals surface area contributed by atoms with Gasteiger partial charge in [-0.25, -0.2) is 8.42 Å². The van der Waals surface area contributed by atoms with E-state index in [9.17, 15) is 52.3 Å². The molecule has 0 bridgehead atoms. The second-order valence-corrected chi connectivity index (χ2v) is 6.13. The molecule has 0 spiro atoms. The molecule has 0 fully saturated rings. The first-order chi connectivity index (χ1) is 10.5. The molecule has 0 amide bonds. The lowest BCUT2D eigenvalue weighted by Gasteiger charge is -2.31. The number of hydrogen-bond acceptors (Lipinski definition) is 3. The number of hydrogen-bond donors (Lipinski definition) is 1. The lowest BCUT2D eigenvalue weighted by atomic mass is 10.2. The van der Waals surface area contributed by atoms with E-state index in [-0.39, 0.29) is 17.4 Å². The van der Waals surface area contributed by atoms with Crippen LogP contribution >= 0.6 is 0 Å². The van der Waals surface area contributed by atoms with Gasteiger partial charge in [-0.2, -0.15) is 43.9 Å². The molecule has 3 nitrogen and oxygen atoms in total. The number of para-hydroxylation sites is 1. The Morgan fingerprint density at radius 2 is 1.17 bits per heavy atom. The molecule has 0 aliphatic heterocycles. The molecule has 14 heteroatoms. The van der Waals surface area contributed by atoms with Crippen LogP contribution in [0.4, 0.5) is 49.6 Å². The van der Waals surface area contributed by atoms with E-state index in [1.165, 1.54) is 0 Å². The largest absolute Gasteiger partial charge is 0.501 e. The van der Waals surface area contributed by atoms with E-state index in [0.717, 1.165) is 0 Å². The third kappa shape index (κ3) is 3.37. The summed E-state index contributed by atoms with van der Waals surface area (Å²) in [6.45, 7) is 0. The molecule has 0 aromatic heterocycles. The predicted molar refractivity (Wildman–Crippen MR) is 59.3 cm³/mol. The second-order valence-electron chi connectivity index (χ2n) is 4.22. The summed E-state index contributed by atoms with van der Waals surface area (Å²) in [5.74, 6) is -6.17. The number of benzene rings is 1. The molecule has 1 rings (SSSR count). The maximum absolute atomic E-state index is 13.5. The summed E-state index contributed by atoms with van der Waals surface area (Å²) < 4.78 is 148. The number of sulfone groups is 1. The Balaban J connectivity index is 3.57. The molecule has 1 aromatic rings. The number of halogens is 10. The third-order valence-electron chi connectivity index (χ3n) is 2.57. The molecule has 1 N–H and O–H groups in total. The first-order valence-corrected chi connectivity index (χ1v) is 6.94. The minimum absolute atomic E-state index is 0.0817. The summed E-state index contributed by atoms with van der Waals surface area (Å²) in [5.41, 5.74) is -7.88. The van der Waals surface area contributed by atoms with Crippen molar-refractivity contribution in [2.45, 2.75) is 28.5 Å². The zero-order chi connectivity index (χ0) is 19.2. The standard InChI is InChI=1S/C10H5F10NO2S/c11-7(8(12,13)14,9(15,16)17)21-5-3-1-2-4-6(5)24(22,23)10(18,19)20/h1-4,21H. The summed E-state index contributed by atoms with van der Waals surface area (Å²) in [5, 5.41) is 0.186. The van der Waals surface area contributed by atoms with E-state index in [4.69, 9.17) is 0 Å². The lowest BCUT2D eigenvalue weighted by molar-refractivity contribution is -0.330. The Hall–Kier alpha value is -1.73. The van der Waals surface area contributed by atoms with Gasteiger partial charge in [0.15, 0.2) is 0 Å². The van der Waals surface area contributed by atoms with Crippen LogP contribution in [0.1, 0.15) is 0 Å². The van der Waals surface area contributed by atoms with Crippen LogP contribution in [0.25, 0.3) is 0 Å². The SMILES string of the molecule is O=S(=O)(c1ccccc1NC(F)(C(F)(F)F)C(F)(F)F)C(F)(F)F. The molecule has 0 aliphatic carbocycles. The van der Waals surface area contributed by atoms with Crippen LogP contribution in [-0.2, 0) is 9.84 Å². The highest BCUT2D eigenvalue weighted by molar-refractivity contribution is 7.92. The smallest absolute Gasteiger partial charge is 0.337 e. The molecular weight excluding hydrogens is 388 g/mol. The molecule has 0 aliphatic rings. The van der Waals surface area contributed by atoms with Gasteiger partial charge in [0, 0.05) is 0 Å². The van der Waals surface area contributed by atoms with E-state index < -0.39 is 44.1 Å². The first-order valence-electron chi connectivity index (χ1n) is 5.46. The van der Waals surface area contributed by atoms with Crippen molar-refractivity contribution in [3.05, 3.63) is 24.3 Å². The fraction of sp³-hybridized carbons (Fsp3) is 0.400. The molecule has 1 aromatic carbocycles. The van der Waals surface area contributed by atoms with Gasteiger partial charge in [0.05, 0.1) is 10.6 Å². The number of rotatable bonds is 3. The van der Waals surface area contributed by atoms with E-state index in [1.807, 2.05) is 0 Å². The Kier molecular flexibility index (Phi) is 4.80. The molecule has 0 unspecified atom stereocenters. The zero-order valence-corrected chi connectivity index (χ0v) is 11.6. The van der Waals surface area contributed by atoms with Crippen molar-refractivity contribution in [1.82, 2.24) is 0 Å². The van der Waals surface area contributed by atoms with Gasteiger partial charge >= 0.3 is 23.7 Å². The van der Waals surface area contributed by atoms with E-state index in [0.29, 0.717) is 12.1 Å². The number of anilines is 1. The van der Waals surface area contributed by atoms with Crippen LogP contribution < -0.4 is 5.32 Å². The van der Waals surface area contributed by atoms with Crippen molar-refractivity contribution in [3.63, 3.8) is 0 Å². The van der Waals surface area contributed by atoms with Gasteiger partial charge in [0.25, 0.3) is 9.84 Å². The molecular formula is C10H5F10NO2S. The Morgan fingerprint density at radius 1 is 0.750 bits per heavy atom. The zero-order valence-electron chi connectivity index (χ0n) is 10.8. The highest BCUT2D eigenvalue weighted by Crippen LogP contribution is 2.47. The monoisotopic (exact) mass is 393 g/mol. The lowest BCUT2D eigenvalue weighted by Crippen LogP contribution is -2.59. The summed E-state index contributed by atoms with van der Waals surface area (Å²) >= 11 is 0. The summed E-state index contributed by atoms with van der Waals surface area (Å²) in [4.78, 5) is -1.99. The third-order valence-corrected chi connectivity index (χ3v) is 4.11. The summed E-state index contributed by atoms with van der Waals surface area (Å²) in [6.07, 6.45) is -13.3. The average Bonchev–Trinajstić information content (AvgIpc) is 2.35. The van der Waals surface area contributed by atoms with Crippen molar-refractivity contribution in [2.75, 3.05) is 5.32 Å². The molecule has 0 saturated carbocycles. The minimum Gasteiger partial charge on any atom is -0.337 e. The van der Waals surface area contributed by atoms with Crippen LogP contribution in [0.5, 0.6) is 0 Å². The molecule has 24 heavy (non-hydrogen) atoms. The molecule has 0 radical (unpaired) electrons. The first kappa shape index (κ1) is 20.3. The Labute approximate surface area is 127 Å². The van der Waals surface area contributed by atoms with Gasteiger partial charge in [-0.05, 0) is 12.1 Å². The number of alkyl halides is 10. The van der Waals surface area contributed by atoms with Crippen LogP contribution in [0, 0.1) is 0 Å². The van der Waals surface area contributed by atoms with E-state index in [2.05, 4.69) is 0 Å². The fourth-order valence-electron chi connectivity index (χ4n) is 1.42. The van der Waals surface area contributed by atoms with Crippen LogP contribution in [0.15, 0.2) is 29.2 Å². The van der Waals surface area contributed by atoms with E-state index >= 15 is 0 Å². The van der Waals surface area contributed by atoms with Gasteiger partial charge in [0.1, 0.15) is 0 Å². The van der Waals surface area contributed by atoms with Gasteiger partial charge in [0.2, 0.25) is 0 Å². The quantitative estimate of drug-likeness (QED) is 0.619. The second kappa shape index (κ2) is 5.67. The minimum atomic E-state index is -6.64. The van der Waals surface area contributed by atoms with Crippen LogP contribution in [0.3, 0.4) is 0 Å². The van der Waals surface area contributed by atoms with Gasteiger partial charge < -0.3 is 5.32 Å². The molecule has 0 saturated heterocycles. The van der Waals surface area contributed by atoms with Crippen LogP contribution in [0.2, 0.25) is 0 Å². The van der Waals surface area contributed by atoms with Crippen molar-refractivity contribution >= 4 is 15.5 Å². The summed E-state index contributed by atoms with van der Waals surface area (Å²) in [6, 6.07) is 1.43. The predicted octanol–water partition coefficient (Wildman–Crippen LogP) is 4.18. The van der Waals surface area contributed by atoms with Gasteiger partial charge in [-0.3, -0.25) is 0 Å². The Morgan fingerprint density at radius 3 is 1.54 bits per heavy atom. The van der Waals surface area contributed by atoms with Crippen molar-refractivity contribution < 1.29 is 52.3 Å². The van der Waals surface area contributed by atoms with Crippen molar-refractivity contribution in [2.24, 2.45) is 0 Å². The van der Waals surface area contributed by atoms with Gasteiger partial charge in [-0.1, -0.05) is 12.1 Å². The van der Waals surface area contributed by atoms with Crippen LogP contribution in [-0.4, -0.2) is 32.1 Å². The highest BCUT2D eigenvalue weighted by Gasteiger charge is 2.73. The number of nitrogens with one attached hydrogen (secondary N) is 1. The average molecular weight is 393 g/mol. The molecule has 0 heterocycles. The molecule has 0 atom stereocenters.